The Hall–Kier alpha value is -2.89. The van der Waals surface area contributed by atoms with Gasteiger partial charge in [-0.2, -0.15) is 5.10 Å². The van der Waals surface area contributed by atoms with E-state index in [4.69, 9.17) is 5.73 Å². The summed E-state index contributed by atoms with van der Waals surface area (Å²) in [6.07, 6.45) is 2.66. The molecule has 1 unspecified atom stereocenters. The van der Waals surface area contributed by atoms with Crippen molar-refractivity contribution in [1.82, 2.24) is 15.2 Å². The summed E-state index contributed by atoms with van der Waals surface area (Å²) in [5.41, 5.74) is 7.72. The summed E-state index contributed by atoms with van der Waals surface area (Å²) in [5, 5.41) is 11.7. The van der Waals surface area contributed by atoms with Crippen LogP contribution >= 0.6 is 0 Å². The Bertz CT molecular complexity index is 812. The van der Waals surface area contributed by atoms with Gasteiger partial charge in [-0.25, -0.2) is 4.98 Å². The van der Waals surface area contributed by atoms with Crippen LogP contribution < -0.4 is 11.1 Å². The quantitative estimate of drug-likeness (QED) is 0.652. The second kappa shape index (κ2) is 6.48. The number of aromatic nitrogens is 3. The molecule has 4 N–H and O–H groups in total. The maximum Gasteiger partial charge on any atom is 0.248 e. The minimum atomic E-state index is -0.427. The maximum atomic E-state index is 11.4. The number of rotatable bonds is 6. The molecular weight excluding hydrogens is 290 g/mol. The van der Waals surface area contributed by atoms with E-state index in [0.29, 0.717) is 5.56 Å². The molecule has 6 nitrogen and oxygen atoms in total. The number of H-pyrrole nitrogens is 1. The standard InChI is InChI=1S/C17H19N5O/c1-11(7-9-20-15-4-2-3-8-19-15)16-13-10-12(17(18)23)5-6-14(13)21-22-16/h2-6,8,10-11H,7,9H2,1H3,(H2,18,23)(H,19,20)(H,21,22). The van der Waals surface area contributed by atoms with Crippen LogP contribution in [0, 0.1) is 0 Å². The number of aromatic amines is 1. The van der Waals surface area contributed by atoms with Crippen LogP contribution in [0.2, 0.25) is 0 Å². The summed E-state index contributed by atoms with van der Waals surface area (Å²) in [7, 11) is 0. The van der Waals surface area contributed by atoms with Gasteiger partial charge in [-0.15, -0.1) is 0 Å². The van der Waals surface area contributed by atoms with Gasteiger partial charge in [-0.3, -0.25) is 9.89 Å². The molecule has 3 rings (SSSR count). The van der Waals surface area contributed by atoms with Gasteiger partial charge >= 0.3 is 0 Å². The number of nitrogens with zero attached hydrogens (tertiary/aromatic N) is 2. The van der Waals surface area contributed by atoms with E-state index in [1.54, 1.807) is 18.3 Å². The van der Waals surface area contributed by atoms with Gasteiger partial charge in [0, 0.05) is 29.6 Å². The Morgan fingerprint density at radius 3 is 2.96 bits per heavy atom. The molecule has 23 heavy (non-hydrogen) atoms. The molecule has 2 aromatic heterocycles. The average Bonchev–Trinajstić information content (AvgIpc) is 2.98. The lowest BCUT2D eigenvalue weighted by Gasteiger charge is -2.11. The van der Waals surface area contributed by atoms with E-state index in [0.717, 1.165) is 35.4 Å². The number of benzene rings is 1. The lowest BCUT2D eigenvalue weighted by atomic mass is 9.99. The predicted octanol–water partition coefficient (Wildman–Crippen LogP) is 2.66. The van der Waals surface area contributed by atoms with E-state index >= 15 is 0 Å². The van der Waals surface area contributed by atoms with Crippen molar-refractivity contribution in [3.8, 4) is 0 Å². The predicted molar refractivity (Wildman–Crippen MR) is 90.4 cm³/mol. The van der Waals surface area contributed by atoms with Crippen molar-refractivity contribution in [3.05, 3.63) is 53.9 Å². The number of hydrogen-bond donors (Lipinski definition) is 3. The number of pyridine rings is 1. The third-order valence-corrected chi connectivity index (χ3v) is 3.89. The van der Waals surface area contributed by atoms with Crippen molar-refractivity contribution in [2.75, 3.05) is 11.9 Å². The summed E-state index contributed by atoms with van der Waals surface area (Å²) in [6.45, 7) is 2.91. The molecule has 0 bridgehead atoms. The lowest BCUT2D eigenvalue weighted by molar-refractivity contribution is 0.100. The molecule has 1 atom stereocenters. The van der Waals surface area contributed by atoms with Gasteiger partial charge in [0.05, 0.1) is 11.2 Å². The van der Waals surface area contributed by atoms with Crippen LogP contribution in [0.3, 0.4) is 0 Å². The Balaban J connectivity index is 1.71. The molecular formula is C17H19N5O. The molecule has 0 aliphatic carbocycles. The van der Waals surface area contributed by atoms with E-state index in [-0.39, 0.29) is 5.92 Å². The molecule has 3 aromatic rings. The number of anilines is 1. The molecule has 0 aliphatic rings. The highest BCUT2D eigenvalue weighted by Gasteiger charge is 2.14. The summed E-state index contributed by atoms with van der Waals surface area (Å²) < 4.78 is 0. The van der Waals surface area contributed by atoms with Crippen LogP contribution in [-0.2, 0) is 0 Å². The first-order valence-corrected chi connectivity index (χ1v) is 7.58. The third-order valence-electron chi connectivity index (χ3n) is 3.89. The zero-order valence-corrected chi connectivity index (χ0v) is 12.9. The fourth-order valence-corrected chi connectivity index (χ4v) is 2.58. The van der Waals surface area contributed by atoms with Crippen molar-refractivity contribution in [1.29, 1.82) is 0 Å². The number of hydrogen-bond acceptors (Lipinski definition) is 4. The highest BCUT2D eigenvalue weighted by Crippen LogP contribution is 2.26. The first-order chi connectivity index (χ1) is 11.1. The van der Waals surface area contributed by atoms with E-state index in [1.165, 1.54) is 0 Å². The van der Waals surface area contributed by atoms with Crippen molar-refractivity contribution in [2.24, 2.45) is 5.73 Å². The van der Waals surface area contributed by atoms with E-state index in [9.17, 15) is 4.79 Å². The Morgan fingerprint density at radius 2 is 2.22 bits per heavy atom. The Kier molecular flexibility index (Phi) is 4.23. The number of fused-ring (bicyclic) bond motifs is 1. The molecule has 1 aromatic carbocycles. The number of amides is 1. The largest absolute Gasteiger partial charge is 0.370 e. The van der Waals surface area contributed by atoms with Gasteiger partial charge in [-0.1, -0.05) is 13.0 Å². The van der Waals surface area contributed by atoms with Crippen molar-refractivity contribution < 1.29 is 4.79 Å². The first-order valence-electron chi connectivity index (χ1n) is 7.58. The molecule has 1 amide bonds. The molecule has 0 radical (unpaired) electrons. The van der Waals surface area contributed by atoms with Crippen molar-refractivity contribution in [3.63, 3.8) is 0 Å². The van der Waals surface area contributed by atoms with Gasteiger partial charge in [0.1, 0.15) is 5.82 Å². The molecule has 0 spiro atoms. The maximum absolute atomic E-state index is 11.4. The van der Waals surface area contributed by atoms with Crippen LogP contribution in [0.5, 0.6) is 0 Å². The van der Waals surface area contributed by atoms with Gasteiger partial charge in [0.2, 0.25) is 5.91 Å². The van der Waals surface area contributed by atoms with Gasteiger partial charge in [-0.05, 0) is 36.8 Å². The lowest BCUT2D eigenvalue weighted by Crippen LogP contribution is -2.10. The highest BCUT2D eigenvalue weighted by atomic mass is 16.1. The summed E-state index contributed by atoms with van der Waals surface area (Å²) in [6, 6.07) is 11.1. The van der Waals surface area contributed by atoms with Crippen LogP contribution in [0.15, 0.2) is 42.6 Å². The molecule has 0 saturated carbocycles. The second-order valence-electron chi connectivity index (χ2n) is 5.56. The fourth-order valence-electron chi connectivity index (χ4n) is 2.58. The summed E-state index contributed by atoms with van der Waals surface area (Å²) in [4.78, 5) is 15.6. The van der Waals surface area contributed by atoms with Gasteiger partial charge in [0.15, 0.2) is 0 Å². The summed E-state index contributed by atoms with van der Waals surface area (Å²) >= 11 is 0. The molecule has 0 aliphatic heterocycles. The van der Waals surface area contributed by atoms with Crippen molar-refractivity contribution >= 4 is 22.6 Å². The topological polar surface area (TPSA) is 96.7 Å². The van der Waals surface area contributed by atoms with E-state index < -0.39 is 5.91 Å². The minimum Gasteiger partial charge on any atom is -0.370 e. The zero-order chi connectivity index (χ0) is 16.2. The molecule has 118 valence electrons. The van der Waals surface area contributed by atoms with Crippen LogP contribution in [-0.4, -0.2) is 27.6 Å². The number of nitrogens with one attached hydrogen (secondary N) is 2. The summed E-state index contributed by atoms with van der Waals surface area (Å²) in [5.74, 6) is 0.675. The highest BCUT2D eigenvalue weighted by molar-refractivity contribution is 5.97. The molecule has 0 fully saturated rings. The van der Waals surface area contributed by atoms with Gasteiger partial charge < -0.3 is 11.1 Å². The average molecular weight is 309 g/mol. The Morgan fingerprint density at radius 1 is 1.35 bits per heavy atom. The normalized spacial score (nSPS) is 12.2. The van der Waals surface area contributed by atoms with Gasteiger partial charge in [0.25, 0.3) is 0 Å². The SMILES string of the molecule is CC(CCNc1ccccn1)c1n[nH]c2ccc(C(N)=O)cc12. The van der Waals surface area contributed by atoms with Crippen LogP contribution in [0.25, 0.3) is 10.9 Å². The second-order valence-corrected chi connectivity index (χ2v) is 5.56. The van der Waals surface area contributed by atoms with E-state index in [2.05, 4.69) is 27.4 Å². The third kappa shape index (κ3) is 3.31. The number of primary amides is 1. The first kappa shape index (κ1) is 15.0. The molecule has 6 heteroatoms. The fraction of sp³-hybridized carbons (Fsp3) is 0.235. The molecule has 2 heterocycles. The van der Waals surface area contributed by atoms with Crippen LogP contribution in [0.4, 0.5) is 5.82 Å². The Labute approximate surface area is 134 Å². The minimum absolute atomic E-state index is 0.239. The van der Waals surface area contributed by atoms with E-state index in [1.807, 2.05) is 24.3 Å². The number of carbonyl (C=O) groups is 1. The number of carbonyl (C=O) groups excluding carboxylic acids is 1. The molecule has 0 saturated heterocycles. The zero-order valence-electron chi connectivity index (χ0n) is 12.9. The smallest absolute Gasteiger partial charge is 0.248 e. The number of nitrogens with two attached hydrogens (primary N) is 1. The van der Waals surface area contributed by atoms with Crippen molar-refractivity contribution in [2.45, 2.75) is 19.3 Å². The van der Waals surface area contributed by atoms with Crippen LogP contribution in [0.1, 0.15) is 35.3 Å². The monoisotopic (exact) mass is 309 g/mol.